The summed E-state index contributed by atoms with van der Waals surface area (Å²) >= 11 is 0. The third-order valence-electron chi connectivity index (χ3n) is 19.2. The third kappa shape index (κ3) is 34.1. The molecule has 558 valence electrons. The van der Waals surface area contributed by atoms with E-state index < -0.39 is 155 Å². The lowest BCUT2D eigenvalue weighted by Gasteiger charge is -2.50. The summed E-state index contributed by atoms with van der Waals surface area (Å²) in [7, 11) is 0. The number of carbonyl (C=O) groups is 3. The molecule has 95 heavy (non-hydrogen) atoms. The van der Waals surface area contributed by atoms with Gasteiger partial charge in [0, 0.05) is 19.8 Å². The van der Waals surface area contributed by atoms with E-state index in [1.807, 2.05) is 6.08 Å². The van der Waals surface area contributed by atoms with Crippen LogP contribution in [0.1, 0.15) is 290 Å². The highest BCUT2D eigenvalue weighted by atomic mass is 16.8. The van der Waals surface area contributed by atoms with Gasteiger partial charge >= 0.3 is 5.97 Å². The molecule has 0 bridgehead atoms. The van der Waals surface area contributed by atoms with E-state index in [2.05, 4.69) is 24.5 Å². The first-order valence-corrected chi connectivity index (χ1v) is 37.6. The molecule has 18 atom stereocenters. The van der Waals surface area contributed by atoms with Gasteiger partial charge in [-0.05, 0) is 19.3 Å². The Hall–Kier alpha value is -2.53. The number of aliphatic carboxylic acids is 1. The number of rotatable bonds is 58. The Morgan fingerprint density at radius 3 is 1.40 bits per heavy atom. The van der Waals surface area contributed by atoms with Gasteiger partial charge in [0.05, 0.1) is 50.7 Å². The van der Waals surface area contributed by atoms with E-state index in [4.69, 9.17) is 28.4 Å². The van der Waals surface area contributed by atoms with Crippen LogP contribution in [0, 0.1) is 0 Å². The fourth-order valence-corrected chi connectivity index (χ4v) is 13.2. The molecule has 23 nitrogen and oxygen atoms in total. The van der Waals surface area contributed by atoms with Gasteiger partial charge in [-0.2, -0.15) is 0 Å². The van der Waals surface area contributed by atoms with Gasteiger partial charge < -0.3 is 100 Å². The number of nitrogens with one attached hydrogen (secondary N) is 2. The summed E-state index contributed by atoms with van der Waals surface area (Å²) in [6.07, 6.45) is 23.9. The van der Waals surface area contributed by atoms with Crippen molar-refractivity contribution in [3.05, 3.63) is 12.2 Å². The number of carbonyl (C=O) groups excluding carboxylic acids is 2. The number of aliphatic hydroxyl groups excluding tert-OH is 11. The lowest BCUT2D eigenvalue weighted by Crippen LogP contribution is -2.70. The van der Waals surface area contributed by atoms with E-state index in [1.54, 1.807) is 6.08 Å². The molecule has 0 aromatic carbocycles. The maximum atomic E-state index is 13.5. The highest BCUT2D eigenvalue weighted by Crippen LogP contribution is 2.39. The van der Waals surface area contributed by atoms with Gasteiger partial charge in [-0.15, -0.1) is 0 Å². The van der Waals surface area contributed by atoms with E-state index in [0.717, 1.165) is 51.9 Å². The molecule has 0 aliphatic carbocycles. The second-order valence-corrected chi connectivity index (χ2v) is 27.5. The number of aliphatic hydroxyl groups is 11. The van der Waals surface area contributed by atoms with Crippen molar-refractivity contribution in [1.29, 1.82) is 0 Å². The van der Waals surface area contributed by atoms with Crippen molar-refractivity contribution in [2.75, 3.05) is 26.4 Å². The molecule has 0 saturated carbocycles. The largest absolute Gasteiger partial charge is 0.477 e. The molecule has 0 aromatic heterocycles. The van der Waals surface area contributed by atoms with Crippen LogP contribution < -0.4 is 10.6 Å². The number of amides is 2. The predicted octanol–water partition coefficient (Wildman–Crippen LogP) is 8.24. The van der Waals surface area contributed by atoms with Gasteiger partial charge in [-0.1, -0.05) is 264 Å². The van der Waals surface area contributed by atoms with Crippen LogP contribution in [-0.4, -0.2) is 215 Å². The first kappa shape index (κ1) is 86.7. The Morgan fingerprint density at radius 1 is 0.547 bits per heavy atom. The van der Waals surface area contributed by atoms with Crippen molar-refractivity contribution >= 4 is 17.8 Å². The second-order valence-electron chi connectivity index (χ2n) is 27.5. The molecule has 3 heterocycles. The Morgan fingerprint density at radius 2 is 0.979 bits per heavy atom. The van der Waals surface area contributed by atoms with Crippen molar-refractivity contribution in [3.8, 4) is 0 Å². The number of hydrogen-bond donors (Lipinski definition) is 14. The molecule has 18 unspecified atom stereocenters. The molecule has 23 heteroatoms. The molecule has 3 saturated heterocycles. The Kier molecular flexibility index (Phi) is 47.9. The summed E-state index contributed by atoms with van der Waals surface area (Å²) in [5.74, 6) is -6.13. The SMILES string of the molecule is CCCCCCCCCCCCCCCCCCCCCCCC/C=C/C(O)C(COC1OC(CO)C(OC2OC(CO)C(O)C(OC3(C(=O)O)CC(O)C(NC(C)=O)C(C(O)C(O)CO)O3)C2O)C(O)C1O)NC(=O)CCCCCCCCCCCCCCCCCCC. The fraction of sp³-hybridized carbons (Fsp3) is 0.931. The number of carboxylic acid groups (broad SMARTS) is 1. The topological polar surface area (TPSA) is 373 Å². The van der Waals surface area contributed by atoms with Gasteiger partial charge in [0.1, 0.15) is 67.1 Å². The first-order valence-electron chi connectivity index (χ1n) is 37.6. The van der Waals surface area contributed by atoms with Gasteiger partial charge in [0.25, 0.3) is 5.79 Å². The van der Waals surface area contributed by atoms with Crippen LogP contribution in [0.15, 0.2) is 12.2 Å². The molecule has 3 aliphatic heterocycles. The highest BCUT2D eigenvalue weighted by Gasteiger charge is 2.60. The normalized spacial score (nSPS) is 27.7. The molecule has 14 N–H and O–H groups in total. The Bertz CT molecular complexity index is 1960. The van der Waals surface area contributed by atoms with E-state index in [9.17, 15) is 75.7 Å². The van der Waals surface area contributed by atoms with E-state index >= 15 is 0 Å². The van der Waals surface area contributed by atoms with Crippen LogP contribution in [0.4, 0.5) is 0 Å². The molecule has 0 spiro atoms. The van der Waals surface area contributed by atoms with Crippen LogP contribution in [-0.2, 0) is 42.8 Å². The van der Waals surface area contributed by atoms with Crippen molar-refractivity contribution < 1.29 is 104 Å². The zero-order valence-corrected chi connectivity index (χ0v) is 58.5. The number of unbranched alkanes of at least 4 members (excludes halogenated alkanes) is 38. The van der Waals surface area contributed by atoms with Crippen molar-refractivity contribution in [3.63, 3.8) is 0 Å². The Balaban J connectivity index is 1.56. The summed E-state index contributed by atoms with van der Waals surface area (Å²) < 4.78 is 34.9. The molecule has 0 radical (unpaired) electrons. The monoisotopic (exact) mass is 1360 g/mol. The van der Waals surface area contributed by atoms with Crippen molar-refractivity contribution in [2.45, 2.75) is 400 Å². The summed E-state index contributed by atoms with van der Waals surface area (Å²) in [6.45, 7) is 2.18. The number of carboxylic acids is 1. The molecular formula is C72H134N2O21. The van der Waals surface area contributed by atoms with Crippen LogP contribution in [0.3, 0.4) is 0 Å². The highest BCUT2D eigenvalue weighted by molar-refractivity contribution is 5.77. The minimum Gasteiger partial charge on any atom is -0.477 e. The van der Waals surface area contributed by atoms with E-state index in [0.29, 0.717) is 12.8 Å². The van der Waals surface area contributed by atoms with Crippen molar-refractivity contribution in [2.24, 2.45) is 0 Å². The van der Waals surface area contributed by atoms with Gasteiger partial charge in [-0.3, -0.25) is 9.59 Å². The molecule has 0 aromatic rings. The average molecular weight is 1360 g/mol. The molecule has 3 fully saturated rings. The van der Waals surface area contributed by atoms with Gasteiger partial charge in [0.15, 0.2) is 12.6 Å². The summed E-state index contributed by atoms with van der Waals surface area (Å²) in [6, 6.07) is -2.61. The van der Waals surface area contributed by atoms with Gasteiger partial charge in [-0.25, -0.2) is 4.79 Å². The molecule has 3 aliphatic rings. The van der Waals surface area contributed by atoms with Crippen LogP contribution in [0.5, 0.6) is 0 Å². The standard InChI is InChI=1S/C72H134N2O21/c1-4-6-8-10-12-14-16-18-20-22-23-24-25-26-27-28-30-31-33-35-37-39-41-43-45-54(79)53(74-59(82)46-44-42-40-38-36-34-32-29-21-19-17-15-13-11-9-7-5-2)51-90-69-64(86)63(85)66(58(50-77)92-69)93-70-65(87)68(62(84)57(49-76)91-70)95-72(71(88)89)47-55(80)60(73-52(3)78)67(94-72)61(83)56(81)48-75/h43,45,53-58,60-70,75-77,79-81,83-87H,4-42,44,46-51H2,1-3H3,(H,73,78)(H,74,82)(H,88,89)/b45-43+. The van der Waals surface area contributed by atoms with E-state index in [1.165, 1.54) is 199 Å². The van der Waals surface area contributed by atoms with E-state index in [-0.39, 0.29) is 12.3 Å². The zero-order chi connectivity index (χ0) is 69.6. The fourth-order valence-electron chi connectivity index (χ4n) is 13.2. The maximum Gasteiger partial charge on any atom is 0.364 e. The quantitative estimate of drug-likeness (QED) is 0.0201. The molecule has 3 rings (SSSR count). The summed E-state index contributed by atoms with van der Waals surface area (Å²) in [5, 5.41) is 136. The smallest absolute Gasteiger partial charge is 0.364 e. The molecular weight excluding hydrogens is 1230 g/mol. The lowest BCUT2D eigenvalue weighted by molar-refractivity contribution is -0.386. The minimum absolute atomic E-state index is 0.205. The van der Waals surface area contributed by atoms with Crippen LogP contribution >= 0.6 is 0 Å². The third-order valence-corrected chi connectivity index (χ3v) is 19.2. The predicted molar refractivity (Wildman–Crippen MR) is 362 cm³/mol. The number of allylic oxidation sites excluding steroid dienone is 1. The number of hydrogen-bond acceptors (Lipinski definition) is 20. The Labute approximate surface area is 569 Å². The average Bonchev–Trinajstić information content (AvgIpc) is 0.758. The lowest BCUT2D eigenvalue weighted by atomic mass is 9.88. The maximum absolute atomic E-state index is 13.5. The first-order chi connectivity index (χ1) is 45.9. The molecule has 2 amide bonds. The van der Waals surface area contributed by atoms with Crippen LogP contribution in [0.25, 0.3) is 0 Å². The summed E-state index contributed by atoms with van der Waals surface area (Å²) in [5.41, 5.74) is 0. The van der Waals surface area contributed by atoms with Crippen molar-refractivity contribution in [1.82, 2.24) is 10.6 Å². The van der Waals surface area contributed by atoms with Gasteiger partial charge in [0.2, 0.25) is 11.8 Å². The number of ether oxygens (including phenoxy) is 6. The summed E-state index contributed by atoms with van der Waals surface area (Å²) in [4.78, 5) is 38.6. The second kappa shape index (κ2) is 52.5. The van der Waals surface area contributed by atoms with Crippen LogP contribution in [0.2, 0.25) is 0 Å². The minimum atomic E-state index is -3.08. The zero-order valence-electron chi connectivity index (χ0n) is 58.5.